The van der Waals surface area contributed by atoms with Gasteiger partial charge in [0.25, 0.3) is 0 Å². The number of hydrogen-bond donors (Lipinski definition) is 2. The number of hydrogen-bond acceptors (Lipinski definition) is 4. The fourth-order valence-electron chi connectivity index (χ4n) is 2.41. The fourth-order valence-corrected chi connectivity index (χ4v) is 2.78. The average Bonchev–Trinajstić information content (AvgIpc) is 2.99. The Bertz CT molecular complexity index is 515. The summed E-state index contributed by atoms with van der Waals surface area (Å²) in [6.45, 7) is 4.53. The van der Waals surface area contributed by atoms with Crippen LogP contribution in [0.5, 0.6) is 0 Å². The highest BCUT2D eigenvalue weighted by Gasteiger charge is 2.33. The molecule has 1 aliphatic rings. The Morgan fingerprint density at radius 1 is 1.41 bits per heavy atom. The molecule has 1 amide bonds. The van der Waals surface area contributed by atoms with E-state index in [4.69, 9.17) is 21.1 Å². The summed E-state index contributed by atoms with van der Waals surface area (Å²) in [4.78, 5) is 12.6. The van der Waals surface area contributed by atoms with E-state index in [1.54, 1.807) is 19.9 Å². The molecule has 0 aliphatic carbocycles. The highest BCUT2D eigenvalue weighted by Crippen LogP contribution is 2.30. The Balaban J connectivity index is 2.04. The zero-order valence-corrected chi connectivity index (χ0v) is 13.6. The van der Waals surface area contributed by atoms with Crippen LogP contribution in [0.15, 0.2) is 24.3 Å². The fraction of sp³-hybridized carbons (Fsp3) is 0.562. The standard InChI is InChI=1S/C16H22ClNO4/c1-16(2,12-5-3-4-6-13(12)17)15(20)18-11(10-19)9-14-21-7-8-22-14/h3-6,11,14,19H,7-10H2,1-2H3,(H,18,20). The van der Waals surface area contributed by atoms with Crippen LogP contribution in [0.1, 0.15) is 25.8 Å². The lowest BCUT2D eigenvalue weighted by atomic mass is 9.83. The smallest absolute Gasteiger partial charge is 0.230 e. The number of aliphatic hydroxyl groups is 1. The molecule has 1 aromatic rings. The third-order valence-corrected chi connectivity index (χ3v) is 4.17. The van der Waals surface area contributed by atoms with E-state index in [0.29, 0.717) is 24.7 Å². The average molecular weight is 328 g/mol. The monoisotopic (exact) mass is 327 g/mol. The summed E-state index contributed by atoms with van der Waals surface area (Å²) in [5.41, 5.74) is -0.0531. The zero-order valence-electron chi connectivity index (χ0n) is 12.8. The molecule has 0 radical (unpaired) electrons. The lowest BCUT2D eigenvalue weighted by Gasteiger charge is -2.28. The molecule has 2 rings (SSSR count). The normalized spacial score (nSPS) is 17.5. The van der Waals surface area contributed by atoms with Gasteiger partial charge in [0.1, 0.15) is 0 Å². The first-order valence-electron chi connectivity index (χ1n) is 7.35. The Hall–Kier alpha value is -1.14. The first-order chi connectivity index (χ1) is 10.4. The van der Waals surface area contributed by atoms with E-state index in [1.165, 1.54) is 0 Å². The summed E-state index contributed by atoms with van der Waals surface area (Å²) in [6, 6.07) is 6.84. The molecule has 1 heterocycles. The maximum absolute atomic E-state index is 12.6. The molecule has 0 saturated carbocycles. The number of aliphatic hydroxyl groups excluding tert-OH is 1. The van der Waals surface area contributed by atoms with Crippen molar-refractivity contribution in [2.24, 2.45) is 0 Å². The predicted octanol–water partition coefficient (Wildman–Crippen LogP) is 1.86. The maximum atomic E-state index is 12.6. The highest BCUT2D eigenvalue weighted by molar-refractivity contribution is 6.31. The molecule has 0 aromatic heterocycles. The molecule has 1 unspecified atom stereocenters. The molecule has 0 bridgehead atoms. The van der Waals surface area contributed by atoms with Gasteiger partial charge in [0, 0.05) is 11.4 Å². The van der Waals surface area contributed by atoms with Gasteiger partial charge in [0.05, 0.1) is 31.3 Å². The number of ether oxygens (including phenoxy) is 2. The number of carbonyl (C=O) groups is 1. The van der Waals surface area contributed by atoms with E-state index in [1.807, 2.05) is 18.2 Å². The second kappa shape index (κ2) is 7.42. The van der Waals surface area contributed by atoms with Crippen LogP contribution in [-0.2, 0) is 19.7 Å². The van der Waals surface area contributed by atoms with Gasteiger partial charge in [-0.3, -0.25) is 4.79 Å². The zero-order chi connectivity index (χ0) is 16.2. The van der Waals surface area contributed by atoms with E-state index >= 15 is 0 Å². The summed E-state index contributed by atoms with van der Waals surface area (Å²) in [7, 11) is 0. The molecule has 1 saturated heterocycles. The van der Waals surface area contributed by atoms with Crippen LogP contribution in [0, 0.1) is 0 Å². The van der Waals surface area contributed by atoms with Gasteiger partial charge >= 0.3 is 0 Å². The number of amides is 1. The van der Waals surface area contributed by atoms with Crippen LogP contribution in [0.4, 0.5) is 0 Å². The van der Waals surface area contributed by atoms with Crippen LogP contribution < -0.4 is 5.32 Å². The first-order valence-corrected chi connectivity index (χ1v) is 7.73. The highest BCUT2D eigenvalue weighted by atomic mass is 35.5. The van der Waals surface area contributed by atoms with Crippen LogP contribution in [0.2, 0.25) is 5.02 Å². The molecule has 0 spiro atoms. The number of halogens is 1. The lowest BCUT2D eigenvalue weighted by molar-refractivity contribution is -0.127. The predicted molar refractivity (Wildman–Crippen MR) is 83.8 cm³/mol. The van der Waals surface area contributed by atoms with Gasteiger partial charge in [-0.15, -0.1) is 0 Å². The van der Waals surface area contributed by atoms with Crippen molar-refractivity contribution in [2.45, 2.75) is 38.0 Å². The van der Waals surface area contributed by atoms with Gasteiger partial charge < -0.3 is 19.9 Å². The number of carbonyl (C=O) groups excluding carboxylic acids is 1. The molecule has 1 aliphatic heterocycles. The Labute approximate surface area is 135 Å². The summed E-state index contributed by atoms with van der Waals surface area (Å²) < 4.78 is 10.7. The van der Waals surface area contributed by atoms with Gasteiger partial charge in [0.2, 0.25) is 5.91 Å². The van der Waals surface area contributed by atoms with Crippen LogP contribution in [-0.4, -0.2) is 43.2 Å². The number of benzene rings is 1. The molecule has 1 atom stereocenters. The van der Waals surface area contributed by atoms with Crippen molar-refractivity contribution in [3.05, 3.63) is 34.9 Å². The SMILES string of the molecule is CC(C)(C(=O)NC(CO)CC1OCCO1)c1ccccc1Cl. The molecular formula is C16H22ClNO4. The molecule has 5 nitrogen and oxygen atoms in total. The van der Waals surface area contributed by atoms with Gasteiger partial charge in [-0.1, -0.05) is 29.8 Å². The molecular weight excluding hydrogens is 306 g/mol. The number of rotatable bonds is 6. The molecule has 1 fully saturated rings. The van der Waals surface area contributed by atoms with Crippen molar-refractivity contribution in [1.82, 2.24) is 5.32 Å². The van der Waals surface area contributed by atoms with Crippen molar-refractivity contribution < 1.29 is 19.4 Å². The summed E-state index contributed by atoms with van der Waals surface area (Å²) in [6.07, 6.45) is 0.0433. The van der Waals surface area contributed by atoms with Gasteiger partial charge in [-0.25, -0.2) is 0 Å². The van der Waals surface area contributed by atoms with Crippen LogP contribution >= 0.6 is 11.6 Å². The van der Waals surface area contributed by atoms with Crippen molar-refractivity contribution in [3.8, 4) is 0 Å². The Kier molecular flexibility index (Phi) is 5.81. The van der Waals surface area contributed by atoms with Crippen LogP contribution in [0.3, 0.4) is 0 Å². The molecule has 2 N–H and O–H groups in total. The van der Waals surface area contributed by atoms with Gasteiger partial charge in [0.15, 0.2) is 6.29 Å². The second-order valence-corrected chi connectivity index (χ2v) is 6.27. The minimum absolute atomic E-state index is 0.173. The van der Waals surface area contributed by atoms with Gasteiger partial charge in [-0.2, -0.15) is 0 Å². The van der Waals surface area contributed by atoms with Crippen LogP contribution in [0.25, 0.3) is 0 Å². The molecule has 122 valence electrons. The minimum atomic E-state index is -0.802. The topological polar surface area (TPSA) is 67.8 Å². The third kappa shape index (κ3) is 3.98. The second-order valence-electron chi connectivity index (χ2n) is 5.86. The van der Waals surface area contributed by atoms with E-state index in [2.05, 4.69) is 5.32 Å². The largest absolute Gasteiger partial charge is 0.394 e. The third-order valence-electron chi connectivity index (χ3n) is 3.84. The lowest BCUT2D eigenvalue weighted by Crippen LogP contribution is -2.47. The molecule has 22 heavy (non-hydrogen) atoms. The van der Waals surface area contributed by atoms with Crippen molar-refractivity contribution in [2.75, 3.05) is 19.8 Å². The van der Waals surface area contributed by atoms with E-state index in [0.717, 1.165) is 5.56 Å². The molecule has 1 aromatic carbocycles. The van der Waals surface area contributed by atoms with E-state index in [9.17, 15) is 9.90 Å². The van der Waals surface area contributed by atoms with Crippen molar-refractivity contribution >= 4 is 17.5 Å². The van der Waals surface area contributed by atoms with Crippen molar-refractivity contribution in [1.29, 1.82) is 0 Å². The van der Waals surface area contributed by atoms with Crippen molar-refractivity contribution in [3.63, 3.8) is 0 Å². The van der Waals surface area contributed by atoms with E-state index < -0.39 is 11.5 Å². The number of nitrogens with one attached hydrogen (secondary N) is 1. The maximum Gasteiger partial charge on any atom is 0.230 e. The van der Waals surface area contributed by atoms with Gasteiger partial charge in [-0.05, 0) is 25.5 Å². The minimum Gasteiger partial charge on any atom is -0.394 e. The summed E-state index contributed by atoms with van der Waals surface area (Å²) in [5.74, 6) is -0.197. The summed E-state index contributed by atoms with van der Waals surface area (Å²) >= 11 is 6.19. The Morgan fingerprint density at radius 3 is 2.64 bits per heavy atom. The first kappa shape index (κ1) is 17.2. The summed E-state index contributed by atoms with van der Waals surface area (Å²) in [5, 5.41) is 12.9. The Morgan fingerprint density at radius 2 is 2.05 bits per heavy atom. The quantitative estimate of drug-likeness (QED) is 0.837. The van der Waals surface area contributed by atoms with E-state index in [-0.39, 0.29) is 18.8 Å². The molecule has 6 heteroatoms.